The summed E-state index contributed by atoms with van der Waals surface area (Å²) in [7, 11) is 0. The van der Waals surface area contributed by atoms with E-state index >= 15 is 0 Å². The molecule has 162 valence electrons. The van der Waals surface area contributed by atoms with Crippen LogP contribution in [0.5, 0.6) is 0 Å². The number of nitrogens with zero attached hydrogens (tertiary/aromatic N) is 5. The van der Waals surface area contributed by atoms with E-state index in [-0.39, 0.29) is 36.0 Å². The lowest BCUT2D eigenvalue weighted by atomic mass is 10.0. The Kier molecular flexibility index (Phi) is 5.63. The maximum absolute atomic E-state index is 13.0. The molecule has 1 aromatic carbocycles. The van der Waals surface area contributed by atoms with Gasteiger partial charge in [0.15, 0.2) is 5.52 Å². The maximum Gasteiger partial charge on any atom is 0.416 e. The summed E-state index contributed by atoms with van der Waals surface area (Å²) < 4.78 is 41.4. The molecule has 4 aromatic rings. The highest BCUT2D eigenvalue weighted by molar-refractivity contribution is 7.59. The molecule has 31 heavy (non-hydrogen) atoms. The third-order valence-electron chi connectivity index (χ3n) is 4.55. The number of fused-ring (bicyclic) bond motifs is 1. The minimum absolute atomic E-state index is 0. The SMILES string of the molecule is C[C@@H](c1cccc(C(F)(F)F)c1)n1ncc2nc(-n3cc(C(=O)O)cn3)[nH]c(=O)c21.S. The van der Waals surface area contributed by atoms with E-state index in [1.807, 2.05) is 0 Å². The van der Waals surface area contributed by atoms with Crippen molar-refractivity contribution in [3.8, 4) is 5.95 Å². The summed E-state index contributed by atoms with van der Waals surface area (Å²) in [4.78, 5) is 30.4. The summed E-state index contributed by atoms with van der Waals surface area (Å²) in [5.74, 6) is -1.21. The van der Waals surface area contributed by atoms with Crippen molar-refractivity contribution in [1.82, 2.24) is 29.5 Å². The van der Waals surface area contributed by atoms with E-state index in [0.717, 1.165) is 23.0 Å². The number of hydrogen-bond donors (Lipinski definition) is 2. The van der Waals surface area contributed by atoms with Gasteiger partial charge in [0.05, 0.1) is 29.6 Å². The molecule has 0 amide bonds. The topological polar surface area (TPSA) is 119 Å². The fourth-order valence-electron chi connectivity index (χ4n) is 3.03. The van der Waals surface area contributed by atoms with Gasteiger partial charge in [-0.2, -0.15) is 36.9 Å². The van der Waals surface area contributed by atoms with Crippen LogP contribution in [0.1, 0.15) is 34.5 Å². The lowest BCUT2D eigenvalue weighted by Crippen LogP contribution is -2.19. The van der Waals surface area contributed by atoms with E-state index in [1.165, 1.54) is 29.2 Å². The lowest BCUT2D eigenvalue weighted by molar-refractivity contribution is -0.137. The molecular formula is C18H15F3N6O3S. The minimum atomic E-state index is -4.49. The number of hydrogen-bond acceptors (Lipinski definition) is 5. The molecule has 0 radical (unpaired) electrons. The number of nitrogens with one attached hydrogen (secondary N) is 1. The number of carboxylic acid groups (broad SMARTS) is 1. The molecule has 0 spiro atoms. The number of halogens is 3. The zero-order valence-electron chi connectivity index (χ0n) is 15.8. The number of alkyl halides is 3. The van der Waals surface area contributed by atoms with Crippen molar-refractivity contribution in [1.29, 1.82) is 0 Å². The maximum atomic E-state index is 13.0. The van der Waals surface area contributed by atoms with Crippen LogP contribution in [0.25, 0.3) is 17.0 Å². The molecule has 3 aromatic heterocycles. The van der Waals surface area contributed by atoms with Gasteiger partial charge in [0, 0.05) is 6.20 Å². The third-order valence-corrected chi connectivity index (χ3v) is 4.55. The molecule has 0 aliphatic heterocycles. The highest BCUT2D eigenvalue weighted by Crippen LogP contribution is 2.31. The van der Waals surface area contributed by atoms with Gasteiger partial charge >= 0.3 is 12.1 Å². The van der Waals surface area contributed by atoms with E-state index in [9.17, 15) is 22.8 Å². The Morgan fingerprint density at radius 2 is 1.97 bits per heavy atom. The molecule has 1 atom stereocenters. The van der Waals surface area contributed by atoms with Gasteiger partial charge in [-0.1, -0.05) is 12.1 Å². The predicted molar refractivity (Wildman–Crippen MR) is 108 cm³/mol. The highest BCUT2D eigenvalue weighted by Gasteiger charge is 2.31. The van der Waals surface area contributed by atoms with Gasteiger partial charge in [0.25, 0.3) is 5.56 Å². The van der Waals surface area contributed by atoms with Crippen LogP contribution in [0, 0.1) is 0 Å². The van der Waals surface area contributed by atoms with Crippen molar-refractivity contribution >= 4 is 30.5 Å². The number of aromatic carboxylic acids is 1. The third kappa shape index (κ3) is 4.03. The van der Waals surface area contributed by atoms with Gasteiger partial charge in [0.2, 0.25) is 5.95 Å². The van der Waals surface area contributed by atoms with Crippen LogP contribution in [-0.4, -0.2) is 40.6 Å². The lowest BCUT2D eigenvalue weighted by Gasteiger charge is -2.15. The molecule has 3 heterocycles. The largest absolute Gasteiger partial charge is 0.478 e. The molecule has 9 nitrogen and oxygen atoms in total. The smallest absolute Gasteiger partial charge is 0.416 e. The average molecular weight is 452 g/mol. The Morgan fingerprint density at radius 3 is 2.61 bits per heavy atom. The van der Waals surface area contributed by atoms with Crippen LogP contribution in [0.15, 0.2) is 47.7 Å². The second-order valence-electron chi connectivity index (χ2n) is 6.49. The molecule has 0 saturated carbocycles. The molecule has 0 aliphatic carbocycles. The molecular weight excluding hydrogens is 437 g/mol. The molecule has 2 N–H and O–H groups in total. The standard InChI is InChI=1S/C18H13F3N6O3.H2S/c1-9(10-3-2-4-12(5-10)18(19,20)21)27-14-13(7-23-27)24-17(25-15(14)28)26-8-11(6-22-26)16(29)30;/h2-9H,1H3,(H,29,30)(H,24,25,28);1H2/t9-;/m0./s1. The fraction of sp³-hybridized carbons (Fsp3) is 0.167. The van der Waals surface area contributed by atoms with Crippen molar-refractivity contribution in [3.63, 3.8) is 0 Å². The van der Waals surface area contributed by atoms with Crippen LogP contribution < -0.4 is 5.56 Å². The van der Waals surface area contributed by atoms with Gasteiger partial charge < -0.3 is 5.11 Å². The Labute approximate surface area is 178 Å². The van der Waals surface area contributed by atoms with Gasteiger partial charge in [-0.05, 0) is 24.6 Å². The Balaban J connectivity index is 0.00000272. The summed E-state index contributed by atoms with van der Waals surface area (Å²) >= 11 is 0. The first-order chi connectivity index (χ1) is 14.1. The summed E-state index contributed by atoms with van der Waals surface area (Å²) in [6, 6.07) is 4.10. The van der Waals surface area contributed by atoms with Crippen molar-refractivity contribution in [2.45, 2.75) is 19.1 Å². The Morgan fingerprint density at radius 1 is 1.23 bits per heavy atom. The zero-order chi connectivity index (χ0) is 21.6. The van der Waals surface area contributed by atoms with E-state index in [0.29, 0.717) is 5.56 Å². The Bertz CT molecular complexity index is 1330. The van der Waals surface area contributed by atoms with Crippen molar-refractivity contribution in [3.05, 3.63) is 69.9 Å². The molecule has 4 rings (SSSR count). The number of rotatable bonds is 4. The molecule has 0 bridgehead atoms. The van der Waals surface area contributed by atoms with E-state index in [2.05, 4.69) is 20.2 Å². The first-order valence-corrected chi connectivity index (χ1v) is 8.58. The monoisotopic (exact) mass is 452 g/mol. The van der Waals surface area contributed by atoms with E-state index < -0.39 is 29.3 Å². The van der Waals surface area contributed by atoms with Crippen molar-refractivity contribution < 1.29 is 23.1 Å². The summed E-state index contributed by atoms with van der Waals surface area (Å²) in [5.41, 5.74) is -0.929. The number of H-pyrrole nitrogens is 1. The van der Waals surface area contributed by atoms with Crippen molar-refractivity contribution in [2.24, 2.45) is 0 Å². The van der Waals surface area contributed by atoms with Crippen LogP contribution in [0.2, 0.25) is 0 Å². The first-order valence-electron chi connectivity index (χ1n) is 8.58. The van der Waals surface area contributed by atoms with Gasteiger partial charge in [0.1, 0.15) is 5.52 Å². The molecule has 0 fully saturated rings. The predicted octanol–water partition coefficient (Wildman–Crippen LogP) is 2.74. The van der Waals surface area contributed by atoms with Gasteiger partial charge in [-0.25, -0.2) is 14.5 Å². The second kappa shape index (κ2) is 7.91. The van der Waals surface area contributed by atoms with Crippen LogP contribution in [0.3, 0.4) is 0 Å². The first kappa shape index (κ1) is 22.1. The molecule has 0 unspecified atom stereocenters. The van der Waals surface area contributed by atoms with E-state index in [4.69, 9.17) is 5.11 Å². The quantitative estimate of drug-likeness (QED) is 0.492. The minimum Gasteiger partial charge on any atom is -0.478 e. The number of benzene rings is 1. The molecule has 0 saturated heterocycles. The van der Waals surface area contributed by atoms with Crippen LogP contribution >= 0.6 is 13.5 Å². The fourth-order valence-corrected chi connectivity index (χ4v) is 3.03. The number of carboxylic acids is 1. The van der Waals surface area contributed by atoms with Crippen LogP contribution in [-0.2, 0) is 6.18 Å². The normalized spacial score (nSPS) is 12.5. The molecule has 13 heteroatoms. The Hall–Kier alpha value is -3.61. The van der Waals surface area contributed by atoms with E-state index in [1.54, 1.807) is 6.92 Å². The number of carbonyl (C=O) groups is 1. The highest BCUT2D eigenvalue weighted by atomic mass is 32.1. The number of aromatic nitrogens is 6. The van der Waals surface area contributed by atoms with Gasteiger partial charge in [-0.15, -0.1) is 0 Å². The summed E-state index contributed by atoms with van der Waals surface area (Å²) in [6.45, 7) is 1.61. The van der Waals surface area contributed by atoms with Gasteiger partial charge in [-0.3, -0.25) is 14.5 Å². The second-order valence-corrected chi connectivity index (χ2v) is 6.49. The molecule has 0 aliphatic rings. The average Bonchev–Trinajstić information content (AvgIpc) is 3.34. The van der Waals surface area contributed by atoms with Crippen molar-refractivity contribution in [2.75, 3.05) is 0 Å². The summed E-state index contributed by atoms with van der Waals surface area (Å²) in [5, 5.41) is 17.0. The number of aromatic amines is 1. The summed E-state index contributed by atoms with van der Waals surface area (Å²) in [6.07, 6.45) is -0.901. The zero-order valence-corrected chi connectivity index (χ0v) is 16.8. The van der Waals surface area contributed by atoms with Crippen LogP contribution in [0.4, 0.5) is 13.2 Å².